The van der Waals surface area contributed by atoms with Crippen LogP contribution in [0.1, 0.15) is 19.3 Å². The molecule has 3 aromatic rings. The number of hydrogen-bond donors (Lipinski definition) is 2. The van der Waals surface area contributed by atoms with Crippen molar-refractivity contribution in [2.24, 2.45) is 5.92 Å². The Morgan fingerprint density at radius 3 is 2.58 bits per heavy atom. The molecule has 1 atom stereocenters. The molecule has 0 bridgehead atoms. The number of carbonyl (C=O) groups excluding carboxylic acids is 3. The van der Waals surface area contributed by atoms with Crippen molar-refractivity contribution in [3.05, 3.63) is 54.6 Å². The average molecular weight is 523 g/mol. The molecule has 1 aliphatic heterocycles. The third-order valence-electron chi connectivity index (χ3n) is 6.04. The Kier molecular flexibility index (Phi) is 7.24. The number of thioether (sulfide) groups is 1. The molecule has 2 fully saturated rings. The first-order valence-corrected chi connectivity index (χ1v) is 13.5. The quantitative estimate of drug-likeness (QED) is 0.409. The summed E-state index contributed by atoms with van der Waals surface area (Å²) in [6.07, 6.45) is 2.23. The molecule has 3 amide bonds. The predicted octanol–water partition coefficient (Wildman–Crippen LogP) is 4.18. The first-order valence-electron chi connectivity index (χ1n) is 11.7. The van der Waals surface area contributed by atoms with Gasteiger partial charge in [0.1, 0.15) is 16.4 Å². The molecule has 36 heavy (non-hydrogen) atoms. The van der Waals surface area contributed by atoms with E-state index in [9.17, 15) is 14.4 Å². The minimum Gasteiger partial charge on any atom is -0.497 e. The van der Waals surface area contributed by atoms with Crippen LogP contribution in [-0.2, 0) is 14.4 Å². The van der Waals surface area contributed by atoms with Gasteiger partial charge in [0.15, 0.2) is 4.34 Å². The van der Waals surface area contributed by atoms with E-state index in [0.29, 0.717) is 33.4 Å². The van der Waals surface area contributed by atoms with Crippen LogP contribution in [0.3, 0.4) is 0 Å². The first-order chi connectivity index (χ1) is 17.5. The van der Waals surface area contributed by atoms with Crippen LogP contribution in [0, 0.1) is 5.92 Å². The molecular formula is C26H26N4O4S2. The van der Waals surface area contributed by atoms with Crippen LogP contribution in [0.2, 0.25) is 0 Å². The van der Waals surface area contributed by atoms with Gasteiger partial charge in [-0.1, -0.05) is 53.4 Å². The van der Waals surface area contributed by atoms with Crippen LogP contribution in [-0.4, -0.2) is 48.2 Å². The zero-order valence-electron chi connectivity index (χ0n) is 19.7. The number of benzene rings is 2. The van der Waals surface area contributed by atoms with E-state index in [1.807, 2.05) is 42.5 Å². The lowest BCUT2D eigenvalue weighted by molar-refractivity contribution is -0.122. The number of thiazole rings is 1. The van der Waals surface area contributed by atoms with Gasteiger partial charge in [-0.05, 0) is 37.1 Å². The second kappa shape index (κ2) is 10.7. The Morgan fingerprint density at radius 1 is 1.14 bits per heavy atom. The molecule has 1 aliphatic carbocycles. The Bertz CT molecular complexity index is 1260. The summed E-state index contributed by atoms with van der Waals surface area (Å²) >= 11 is 2.71. The monoisotopic (exact) mass is 522 g/mol. The standard InChI is InChI=1S/C26H26N4O4S2/c1-34-20-11-9-19(10-12-20)30-14-17(13-22(30)32)24(33)29-25-23(16-5-3-2-4-6-16)28-26(36-25)35-15-21(31)27-18-7-8-18/h2-6,9-12,17-18H,7-8,13-15H2,1H3,(H,27,31)(H,29,33). The van der Waals surface area contributed by atoms with Gasteiger partial charge in [-0.3, -0.25) is 14.4 Å². The maximum absolute atomic E-state index is 13.2. The normalized spacial score (nSPS) is 17.2. The number of carbonyl (C=O) groups is 3. The molecule has 8 nitrogen and oxygen atoms in total. The van der Waals surface area contributed by atoms with E-state index < -0.39 is 5.92 Å². The highest BCUT2D eigenvalue weighted by atomic mass is 32.2. The van der Waals surface area contributed by atoms with Gasteiger partial charge in [0.2, 0.25) is 17.7 Å². The molecule has 0 radical (unpaired) electrons. The summed E-state index contributed by atoms with van der Waals surface area (Å²) in [6, 6.07) is 17.2. The lowest BCUT2D eigenvalue weighted by Gasteiger charge is -2.17. The first kappa shape index (κ1) is 24.3. The summed E-state index contributed by atoms with van der Waals surface area (Å²) < 4.78 is 5.89. The Hall–Kier alpha value is -3.37. The van der Waals surface area contributed by atoms with Crippen molar-refractivity contribution in [1.82, 2.24) is 10.3 Å². The number of ether oxygens (including phenoxy) is 1. The molecule has 1 saturated heterocycles. The molecule has 1 unspecified atom stereocenters. The van der Waals surface area contributed by atoms with Crippen molar-refractivity contribution in [1.29, 1.82) is 0 Å². The minimum atomic E-state index is -0.481. The number of nitrogens with one attached hydrogen (secondary N) is 2. The van der Waals surface area contributed by atoms with Crippen LogP contribution in [0.15, 0.2) is 58.9 Å². The number of amides is 3. The van der Waals surface area contributed by atoms with E-state index >= 15 is 0 Å². The van der Waals surface area contributed by atoms with Crippen molar-refractivity contribution < 1.29 is 19.1 Å². The SMILES string of the molecule is COc1ccc(N2CC(C(=O)Nc3sc(SCC(=O)NC4CC4)nc3-c3ccccc3)CC2=O)cc1. The van der Waals surface area contributed by atoms with Crippen LogP contribution >= 0.6 is 23.1 Å². The molecule has 186 valence electrons. The van der Waals surface area contributed by atoms with Gasteiger partial charge in [0.25, 0.3) is 0 Å². The van der Waals surface area contributed by atoms with Crippen molar-refractivity contribution in [3.63, 3.8) is 0 Å². The lowest BCUT2D eigenvalue weighted by atomic mass is 10.1. The average Bonchev–Trinajstić information content (AvgIpc) is 3.48. The fourth-order valence-electron chi connectivity index (χ4n) is 3.97. The minimum absolute atomic E-state index is 0.00682. The van der Waals surface area contributed by atoms with E-state index in [1.54, 1.807) is 24.1 Å². The van der Waals surface area contributed by atoms with Crippen LogP contribution < -0.4 is 20.3 Å². The van der Waals surface area contributed by atoms with E-state index in [4.69, 9.17) is 9.72 Å². The number of methoxy groups -OCH3 is 1. The fourth-order valence-corrected chi connectivity index (χ4v) is 5.85. The number of aromatic nitrogens is 1. The van der Waals surface area contributed by atoms with Gasteiger partial charge in [-0.2, -0.15) is 0 Å². The summed E-state index contributed by atoms with van der Waals surface area (Å²) in [5.74, 6) is 0.184. The third-order valence-corrected chi connectivity index (χ3v) is 8.15. The second-order valence-corrected chi connectivity index (χ2v) is 11.0. The molecule has 0 spiro atoms. The largest absolute Gasteiger partial charge is 0.497 e. The summed E-state index contributed by atoms with van der Waals surface area (Å²) in [5, 5.41) is 6.61. The number of rotatable bonds is 9. The smallest absolute Gasteiger partial charge is 0.230 e. The highest BCUT2D eigenvalue weighted by molar-refractivity contribution is 8.01. The molecule has 1 aromatic heterocycles. The second-order valence-electron chi connectivity index (χ2n) is 8.75. The fraction of sp³-hybridized carbons (Fsp3) is 0.308. The van der Waals surface area contributed by atoms with Gasteiger partial charge in [0.05, 0.1) is 18.8 Å². The number of nitrogens with zero attached hydrogens (tertiary/aromatic N) is 2. The van der Waals surface area contributed by atoms with E-state index in [1.165, 1.54) is 23.1 Å². The summed E-state index contributed by atoms with van der Waals surface area (Å²) in [5.41, 5.74) is 2.28. The van der Waals surface area contributed by atoms with Gasteiger partial charge >= 0.3 is 0 Å². The Labute approximate surface area is 217 Å². The molecule has 2 aliphatic rings. The van der Waals surface area contributed by atoms with Gasteiger partial charge in [-0.15, -0.1) is 0 Å². The van der Waals surface area contributed by atoms with Crippen LogP contribution in [0.4, 0.5) is 10.7 Å². The molecular weight excluding hydrogens is 496 g/mol. The highest BCUT2D eigenvalue weighted by Gasteiger charge is 2.36. The zero-order chi connectivity index (χ0) is 25.1. The summed E-state index contributed by atoms with van der Waals surface area (Å²) in [6.45, 7) is 0.305. The lowest BCUT2D eigenvalue weighted by Crippen LogP contribution is -2.28. The highest BCUT2D eigenvalue weighted by Crippen LogP contribution is 2.38. The topological polar surface area (TPSA) is 101 Å². The maximum Gasteiger partial charge on any atom is 0.230 e. The maximum atomic E-state index is 13.2. The number of hydrogen-bond acceptors (Lipinski definition) is 7. The van der Waals surface area contributed by atoms with E-state index in [-0.39, 0.29) is 29.9 Å². The molecule has 2 N–H and O–H groups in total. The van der Waals surface area contributed by atoms with Gasteiger partial charge < -0.3 is 20.3 Å². The van der Waals surface area contributed by atoms with Gasteiger partial charge in [0, 0.05) is 30.3 Å². The molecule has 2 heterocycles. The van der Waals surface area contributed by atoms with Crippen LogP contribution in [0.25, 0.3) is 11.3 Å². The molecule has 5 rings (SSSR count). The van der Waals surface area contributed by atoms with Crippen molar-refractivity contribution in [2.75, 3.05) is 29.6 Å². The van der Waals surface area contributed by atoms with Crippen LogP contribution in [0.5, 0.6) is 5.75 Å². The van der Waals surface area contributed by atoms with Crippen molar-refractivity contribution in [3.8, 4) is 17.0 Å². The summed E-state index contributed by atoms with van der Waals surface area (Å²) in [4.78, 5) is 44.4. The molecule has 1 saturated carbocycles. The summed E-state index contributed by atoms with van der Waals surface area (Å²) in [7, 11) is 1.59. The molecule has 2 aromatic carbocycles. The van der Waals surface area contributed by atoms with Gasteiger partial charge in [-0.25, -0.2) is 4.98 Å². The van der Waals surface area contributed by atoms with E-state index in [0.717, 1.165) is 24.1 Å². The number of anilines is 2. The van der Waals surface area contributed by atoms with Crippen molar-refractivity contribution in [2.45, 2.75) is 29.6 Å². The Balaban J connectivity index is 1.29. The van der Waals surface area contributed by atoms with Crippen molar-refractivity contribution >= 4 is 51.5 Å². The zero-order valence-corrected chi connectivity index (χ0v) is 21.4. The third kappa shape index (κ3) is 5.71. The molecule has 10 heteroatoms. The Morgan fingerprint density at radius 2 is 1.89 bits per heavy atom. The predicted molar refractivity (Wildman–Crippen MR) is 142 cm³/mol. The van der Waals surface area contributed by atoms with E-state index in [2.05, 4.69) is 10.6 Å².